The van der Waals surface area contributed by atoms with Crippen LogP contribution in [0.3, 0.4) is 0 Å². The third kappa shape index (κ3) is 3.54. The quantitative estimate of drug-likeness (QED) is 0.823. The second kappa shape index (κ2) is 7.93. The Kier molecular flexibility index (Phi) is 5.67. The van der Waals surface area contributed by atoms with Crippen LogP contribution in [0.25, 0.3) is 11.1 Å². The van der Waals surface area contributed by atoms with Crippen LogP contribution in [0, 0.1) is 5.92 Å². The van der Waals surface area contributed by atoms with Crippen molar-refractivity contribution in [3.05, 3.63) is 59.7 Å². The minimum absolute atomic E-state index is 0.207. The molecular weight excluding hydrogens is 300 g/mol. The number of rotatable bonds is 6. The molecule has 1 heterocycles. The lowest BCUT2D eigenvalue weighted by Gasteiger charge is -2.25. The molecule has 3 heteroatoms. The molecule has 0 amide bonds. The van der Waals surface area contributed by atoms with E-state index in [4.69, 9.17) is 9.47 Å². The molecule has 2 unspecified atom stereocenters. The summed E-state index contributed by atoms with van der Waals surface area (Å²) in [6.07, 6.45) is 1.21. The highest BCUT2D eigenvalue weighted by molar-refractivity contribution is 5.72. The Balaban J connectivity index is 2.09. The molecule has 0 aromatic heterocycles. The van der Waals surface area contributed by atoms with Crippen LogP contribution in [0.15, 0.2) is 48.5 Å². The van der Waals surface area contributed by atoms with Crippen LogP contribution in [0.1, 0.15) is 50.2 Å². The van der Waals surface area contributed by atoms with Crippen molar-refractivity contribution in [2.45, 2.75) is 39.1 Å². The van der Waals surface area contributed by atoms with Gasteiger partial charge in [-0.2, -0.15) is 0 Å². The number of hydrogen-bond acceptors (Lipinski definition) is 3. The van der Waals surface area contributed by atoms with Gasteiger partial charge in [0.15, 0.2) is 6.29 Å². The van der Waals surface area contributed by atoms with Gasteiger partial charge in [-0.1, -0.05) is 68.8 Å². The summed E-state index contributed by atoms with van der Waals surface area (Å²) in [5.41, 5.74) is 4.09. The minimum atomic E-state index is -0.499. The lowest BCUT2D eigenvalue weighted by atomic mass is 9.86. The van der Waals surface area contributed by atoms with Crippen LogP contribution in [0.2, 0.25) is 0 Å². The van der Waals surface area contributed by atoms with E-state index < -0.39 is 6.10 Å². The first kappa shape index (κ1) is 17.2. The zero-order chi connectivity index (χ0) is 16.9. The molecule has 2 aromatic carbocycles. The van der Waals surface area contributed by atoms with Crippen LogP contribution in [-0.2, 0) is 9.47 Å². The summed E-state index contributed by atoms with van der Waals surface area (Å²) in [7, 11) is 0. The third-order valence-corrected chi connectivity index (χ3v) is 4.67. The van der Waals surface area contributed by atoms with Gasteiger partial charge in [-0.05, 0) is 29.0 Å². The molecule has 3 rings (SSSR count). The molecule has 1 aliphatic heterocycles. The average molecular weight is 326 g/mol. The van der Waals surface area contributed by atoms with E-state index in [2.05, 4.69) is 26.0 Å². The van der Waals surface area contributed by atoms with Gasteiger partial charge >= 0.3 is 0 Å². The Morgan fingerprint density at radius 1 is 1.04 bits per heavy atom. The topological polar surface area (TPSA) is 38.7 Å². The summed E-state index contributed by atoms with van der Waals surface area (Å²) < 4.78 is 11.5. The maximum absolute atomic E-state index is 10.9. The normalized spacial score (nSPS) is 17.8. The molecule has 0 bridgehead atoms. The molecule has 0 radical (unpaired) electrons. The molecule has 2 atom stereocenters. The Morgan fingerprint density at radius 2 is 1.75 bits per heavy atom. The minimum Gasteiger partial charge on any atom is -0.388 e. The Morgan fingerprint density at radius 3 is 2.42 bits per heavy atom. The van der Waals surface area contributed by atoms with Gasteiger partial charge in [0.2, 0.25) is 0 Å². The molecule has 1 N–H and O–H groups in total. The zero-order valence-electron chi connectivity index (χ0n) is 14.4. The van der Waals surface area contributed by atoms with Gasteiger partial charge in [0.1, 0.15) is 0 Å². The van der Waals surface area contributed by atoms with Gasteiger partial charge in [0, 0.05) is 5.56 Å². The number of aliphatic hydroxyl groups excluding tert-OH is 1. The summed E-state index contributed by atoms with van der Waals surface area (Å²) in [6.45, 7) is 5.48. The van der Waals surface area contributed by atoms with E-state index in [1.54, 1.807) is 0 Å². The van der Waals surface area contributed by atoms with E-state index in [1.165, 1.54) is 0 Å². The van der Waals surface area contributed by atoms with Gasteiger partial charge in [-0.25, -0.2) is 0 Å². The average Bonchev–Trinajstić information content (AvgIpc) is 3.16. The summed E-state index contributed by atoms with van der Waals surface area (Å²) in [5, 5.41) is 10.9. The molecule has 24 heavy (non-hydrogen) atoms. The van der Waals surface area contributed by atoms with Gasteiger partial charge in [0.05, 0.1) is 19.3 Å². The van der Waals surface area contributed by atoms with E-state index in [0.29, 0.717) is 13.2 Å². The highest BCUT2D eigenvalue weighted by Gasteiger charge is 2.27. The lowest BCUT2D eigenvalue weighted by molar-refractivity contribution is -0.0438. The predicted molar refractivity (Wildman–Crippen MR) is 95.6 cm³/mol. The second-order valence-electron chi connectivity index (χ2n) is 6.46. The Bertz CT molecular complexity index is 647. The van der Waals surface area contributed by atoms with Crippen molar-refractivity contribution in [2.24, 2.45) is 5.92 Å². The summed E-state index contributed by atoms with van der Waals surface area (Å²) >= 11 is 0. The zero-order valence-corrected chi connectivity index (χ0v) is 14.4. The Hall–Kier alpha value is -1.68. The fourth-order valence-electron chi connectivity index (χ4n) is 3.43. The van der Waals surface area contributed by atoms with E-state index in [-0.39, 0.29) is 12.2 Å². The fraction of sp³-hybridized carbons (Fsp3) is 0.429. The SMILES string of the molecule is CCCC(C)C(O)c1cccc(C2OCCO2)c1-c1ccccc1. The highest BCUT2D eigenvalue weighted by Crippen LogP contribution is 2.40. The van der Waals surface area contributed by atoms with Crippen LogP contribution in [0.5, 0.6) is 0 Å². The van der Waals surface area contributed by atoms with Crippen LogP contribution in [0.4, 0.5) is 0 Å². The summed E-state index contributed by atoms with van der Waals surface area (Å²) in [4.78, 5) is 0. The van der Waals surface area contributed by atoms with E-state index >= 15 is 0 Å². The number of ether oxygens (including phenoxy) is 2. The molecule has 1 saturated heterocycles. The molecule has 2 aromatic rings. The largest absolute Gasteiger partial charge is 0.388 e. The number of hydrogen-bond donors (Lipinski definition) is 1. The van der Waals surface area contributed by atoms with Crippen LogP contribution < -0.4 is 0 Å². The van der Waals surface area contributed by atoms with Crippen LogP contribution in [-0.4, -0.2) is 18.3 Å². The molecule has 128 valence electrons. The molecule has 3 nitrogen and oxygen atoms in total. The van der Waals surface area contributed by atoms with E-state index in [9.17, 15) is 5.11 Å². The van der Waals surface area contributed by atoms with Gasteiger partial charge in [0.25, 0.3) is 0 Å². The lowest BCUT2D eigenvalue weighted by Crippen LogP contribution is -2.12. The Labute approximate surface area is 144 Å². The fourth-order valence-corrected chi connectivity index (χ4v) is 3.43. The van der Waals surface area contributed by atoms with Crippen molar-refractivity contribution in [3.63, 3.8) is 0 Å². The molecule has 0 aliphatic carbocycles. The van der Waals surface area contributed by atoms with Gasteiger partial charge < -0.3 is 14.6 Å². The third-order valence-electron chi connectivity index (χ3n) is 4.67. The van der Waals surface area contributed by atoms with Gasteiger partial charge in [-0.15, -0.1) is 0 Å². The summed E-state index contributed by atoms with van der Waals surface area (Å²) in [5.74, 6) is 0.207. The first-order valence-corrected chi connectivity index (χ1v) is 8.82. The van der Waals surface area contributed by atoms with Crippen molar-refractivity contribution in [2.75, 3.05) is 13.2 Å². The van der Waals surface area contributed by atoms with E-state index in [1.807, 2.05) is 36.4 Å². The van der Waals surface area contributed by atoms with E-state index in [0.717, 1.165) is 35.1 Å². The highest BCUT2D eigenvalue weighted by atomic mass is 16.7. The molecule has 1 aliphatic rings. The molecular formula is C21H26O3. The smallest absolute Gasteiger partial charge is 0.184 e. The maximum atomic E-state index is 10.9. The standard InChI is InChI=1S/C21H26O3/c1-3-8-15(2)20(22)17-11-7-12-18(21-23-13-14-24-21)19(17)16-9-5-4-6-10-16/h4-7,9-12,15,20-22H,3,8,13-14H2,1-2H3. The maximum Gasteiger partial charge on any atom is 0.184 e. The van der Waals surface area contributed by atoms with Gasteiger partial charge in [-0.3, -0.25) is 0 Å². The predicted octanol–water partition coefficient (Wildman–Crippen LogP) is 4.87. The molecule has 0 spiro atoms. The summed E-state index contributed by atoms with van der Waals surface area (Å²) in [6, 6.07) is 16.3. The van der Waals surface area contributed by atoms with Crippen molar-refractivity contribution in [1.29, 1.82) is 0 Å². The van der Waals surface area contributed by atoms with Crippen molar-refractivity contribution < 1.29 is 14.6 Å². The van der Waals surface area contributed by atoms with Crippen molar-refractivity contribution >= 4 is 0 Å². The van der Waals surface area contributed by atoms with Crippen LogP contribution >= 0.6 is 0 Å². The molecule has 0 saturated carbocycles. The monoisotopic (exact) mass is 326 g/mol. The van der Waals surface area contributed by atoms with Crippen molar-refractivity contribution in [3.8, 4) is 11.1 Å². The number of benzene rings is 2. The second-order valence-corrected chi connectivity index (χ2v) is 6.46. The van der Waals surface area contributed by atoms with Crippen molar-refractivity contribution in [1.82, 2.24) is 0 Å². The number of aliphatic hydroxyl groups is 1. The first-order chi connectivity index (χ1) is 11.7. The first-order valence-electron chi connectivity index (χ1n) is 8.82. The molecule has 1 fully saturated rings.